The molecule has 0 aliphatic carbocycles. The lowest BCUT2D eigenvalue weighted by atomic mass is 10.1. The van der Waals surface area contributed by atoms with Gasteiger partial charge in [-0.25, -0.2) is 4.98 Å². The average molecular weight is 226 g/mol. The zero-order valence-corrected chi connectivity index (χ0v) is 10.00. The molecule has 0 unspecified atom stereocenters. The van der Waals surface area contributed by atoms with E-state index in [1.54, 1.807) is 0 Å². The van der Waals surface area contributed by atoms with E-state index in [0.29, 0.717) is 11.4 Å². The molecule has 92 valence electrons. The fourth-order valence-electron chi connectivity index (χ4n) is 1.78. The second kappa shape index (κ2) is 7.41. The van der Waals surface area contributed by atoms with Crippen molar-refractivity contribution < 1.29 is 10.2 Å². The molecule has 0 fully saturated rings. The van der Waals surface area contributed by atoms with Crippen LogP contribution in [0.1, 0.15) is 56.2 Å². The Balaban J connectivity index is 2.33. The largest absolute Gasteiger partial charge is 0.390 e. The van der Waals surface area contributed by atoms with E-state index in [0.717, 1.165) is 18.7 Å². The molecule has 0 radical (unpaired) electrons. The predicted molar refractivity (Wildman–Crippen MR) is 62.9 cm³/mol. The molecule has 0 aliphatic rings. The molecule has 16 heavy (non-hydrogen) atoms. The average Bonchev–Trinajstić information content (AvgIpc) is 2.71. The maximum absolute atomic E-state index is 9.02. The van der Waals surface area contributed by atoms with Gasteiger partial charge in [-0.15, -0.1) is 0 Å². The number of hydrogen-bond donors (Lipinski definition) is 3. The molecule has 0 spiro atoms. The molecule has 3 N–H and O–H groups in total. The maximum Gasteiger partial charge on any atom is 0.106 e. The third-order valence-electron chi connectivity index (χ3n) is 2.74. The van der Waals surface area contributed by atoms with Crippen LogP contribution < -0.4 is 0 Å². The van der Waals surface area contributed by atoms with Crippen molar-refractivity contribution in [2.45, 2.75) is 58.7 Å². The maximum atomic E-state index is 9.02. The lowest BCUT2D eigenvalue weighted by Gasteiger charge is -1.97. The van der Waals surface area contributed by atoms with Gasteiger partial charge in [0.15, 0.2) is 0 Å². The van der Waals surface area contributed by atoms with Crippen molar-refractivity contribution in [3.63, 3.8) is 0 Å². The number of hydrogen-bond acceptors (Lipinski definition) is 3. The minimum absolute atomic E-state index is 0.0846. The summed E-state index contributed by atoms with van der Waals surface area (Å²) >= 11 is 0. The number of nitrogens with zero attached hydrogens (tertiary/aromatic N) is 1. The first-order valence-corrected chi connectivity index (χ1v) is 6.10. The summed E-state index contributed by atoms with van der Waals surface area (Å²) < 4.78 is 0. The molecule has 0 amide bonds. The molecule has 0 atom stereocenters. The minimum Gasteiger partial charge on any atom is -0.390 e. The summed E-state index contributed by atoms with van der Waals surface area (Å²) in [6.45, 7) is 2.01. The van der Waals surface area contributed by atoms with E-state index in [2.05, 4.69) is 16.9 Å². The molecule has 4 heteroatoms. The van der Waals surface area contributed by atoms with Gasteiger partial charge in [0.05, 0.1) is 24.6 Å². The monoisotopic (exact) mass is 226 g/mol. The van der Waals surface area contributed by atoms with Crippen molar-refractivity contribution in [1.82, 2.24) is 9.97 Å². The number of imidazole rings is 1. The van der Waals surface area contributed by atoms with Gasteiger partial charge in [0.1, 0.15) is 5.82 Å². The van der Waals surface area contributed by atoms with E-state index in [4.69, 9.17) is 10.2 Å². The highest BCUT2D eigenvalue weighted by Crippen LogP contribution is 2.10. The number of nitrogens with one attached hydrogen (secondary N) is 1. The van der Waals surface area contributed by atoms with Crippen LogP contribution >= 0.6 is 0 Å². The van der Waals surface area contributed by atoms with Gasteiger partial charge in [0.2, 0.25) is 0 Å². The quantitative estimate of drug-likeness (QED) is 0.593. The van der Waals surface area contributed by atoms with Gasteiger partial charge in [-0.3, -0.25) is 0 Å². The lowest BCUT2D eigenvalue weighted by molar-refractivity contribution is 0.255. The van der Waals surface area contributed by atoms with Gasteiger partial charge in [-0.2, -0.15) is 0 Å². The molecule has 1 rings (SSSR count). The first-order valence-electron chi connectivity index (χ1n) is 6.10. The van der Waals surface area contributed by atoms with Gasteiger partial charge in [-0.1, -0.05) is 32.6 Å². The smallest absolute Gasteiger partial charge is 0.106 e. The van der Waals surface area contributed by atoms with Crippen molar-refractivity contribution in [2.24, 2.45) is 0 Å². The number of unbranched alkanes of at least 4 members (excludes halogenated alkanes) is 4. The summed E-state index contributed by atoms with van der Waals surface area (Å²) in [5.41, 5.74) is 1.22. The molecule has 0 aromatic carbocycles. The van der Waals surface area contributed by atoms with Crippen LogP contribution in [0, 0.1) is 0 Å². The van der Waals surface area contributed by atoms with Crippen LogP contribution in [-0.4, -0.2) is 20.2 Å². The second-order valence-corrected chi connectivity index (χ2v) is 4.09. The van der Waals surface area contributed by atoms with Crippen LogP contribution in [-0.2, 0) is 19.6 Å². The highest BCUT2D eigenvalue weighted by atomic mass is 16.3. The SMILES string of the molecule is CCCCCCCc1nc(CO)c(CO)[nH]1. The number of H-pyrrole nitrogens is 1. The Morgan fingerprint density at radius 3 is 2.38 bits per heavy atom. The molecule has 0 bridgehead atoms. The summed E-state index contributed by atoms with van der Waals surface area (Å²) in [5.74, 6) is 0.879. The summed E-state index contributed by atoms with van der Waals surface area (Å²) in [6, 6.07) is 0. The molecular formula is C12H22N2O2. The molecule has 4 nitrogen and oxygen atoms in total. The zero-order valence-electron chi connectivity index (χ0n) is 10.00. The number of aromatic nitrogens is 2. The minimum atomic E-state index is -0.109. The van der Waals surface area contributed by atoms with Crippen molar-refractivity contribution in [3.8, 4) is 0 Å². The Kier molecular flexibility index (Phi) is 6.11. The summed E-state index contributed by atoms with van der Waals surface area (Å²) in [7, 11) is 0. The van der Waals surface area contributed by atoms with E-state index < -0.39 is 0 Å². The van der Waals surface area contributed by atoms with Gasteiger partial charge in [0.25, 0.3) is 0 Å². The Morgan fingerprint density at radius 2 is 1.81 bits per heavy atom. The summed E-state index contributed by atoms with van der Waals surface area (Å²) in [5, 5.41) is 18.0. The Labute approximate surface area is 96.7 Å². The van der Waals surface area contributed by atoms with E-state index >= 15 is 0 Å². The summed E-state index contributed by atoms with van der Waals surface area (Å²) in [4.78, 5) is 7.30. The molecule has 0 aliphatic heterocycles. The van der Waals surface area contributed by atoms with Crippen LogP contribution in [0.3, 0.4) is 0 Å². The van der Waals surface area contributed by atoms with Crippen molar-refractivity contribution in [3.05, 3.63) is 17.2 Å². The first kappa shape index (κ1) is 13.2. The molecule has 1 aromatic heterocycles. The third kappa shape index (κ3) is 3.94. The normalized spacial score (nSPS) is 10.9. The van der Waals surface area contributed by atoms with Crippen LogP contribution in [0.25, 0.3) is 0 Å². The van der Waals surface area contributed by atoms with Crippen LogP contribution in [0.2, 0.25) is 0 Å². The fraction of sp³-hybridized carbons (Fsp3) is 0.750. The van der Waals surface area contributed by atoms with E-state index in [-0.39, 0.29) is 13.2 Å². The summed E-state index contributed by atoms with van der Waals surface area (Å²) in [6.07, 6.45) is 7.06. The van der Waals surface area contributed by atoms with Crippen molar-refractivity contribution in [2.75, 3.05) is 0 Å². The first-order chi connectivity index (χ1) is 7.81. The van der Waals surface area contributed by atoms with Crippen molar-refractivity contribution in [1.29, 1.82) is 0 Å². The van der Waals surface area contributed by atoms with E-state index in [1.165, 1.54) is 25.7 Å². The third-order valence-corrected chi connectivity index (χ3v) is 2.74. The van der Waals surface area contributed by atoms with Gasteiger partial charge in [-0.05, 0) is 6.42 Å². The molecule has 0 saturated carbocycles. The van der Waals surface area contributed by atoms with Gasteiger partial charge in [0, 0.05) is 6.42 Å². The number of aryl methyl sites for hydroxylation is 1. The molecule has 0 saturated heterocycles. The fourth-order valence-corrected chi connectivity index (χ4v) is 1.78. The second-order valence-electron chi connectivity index (χ2n) is 4.09. The van der Waals surface area contributed by atoms with Gasteiger partial charge >= 0.3 is 0 Å². The molecule has 1 heterocycles. The lowest BCUT2D eigenvalue weighted by Crippen LogP contribution is -1.91. The van der Waals surface area contributed by atoms with Gasteiger partial charge < -0.3 is 15.2 Å². The van der Waals surface area contributed by atoms with E-state index in [9.17, 15) is 0 Å². The van der Waals surface area contributed by atoms with Crippen LogP contribution in [0.5, 0.6) is 0 Å². The standard InChI is InChI=1S/C12H22N2O2/c1-2-3-4-5-6-7-12-13-10(8-15)11(9-16)14-12/h15-16H,2-9H2,1H3,(H,13,14). The van der Waals surface area contributed by atoms with Crippen LogP contribution in [0.15, 0.2) is 0 Å². The Morgan fingerprint density at radius 1 is 1.06 bits per heavy atom. The molecule has 1 aromatic rings. The number of aliphatic hydroxyl groups excluding tert-OH is 2. The zero-order chi connectivity index (χ0) is 11.8. The Hall–Kier alpha value is -0.870. The highest BCUT2D eigenvalue weighted by molar-refractivity contribution is 5.13. The van der Waals surface area contributed by atoms with Crippen molar-refractivity contribution >= 4 is 0 Å². The topological polar surface area (TPSA) is 69.1 Å². The van der Waals surface area contributed by atoms with Crippen LogP contribution in [0.4, 0.5) is 0 Å². The number of rotatable bonds is 8. The molecular weight excluding hydrogens is 204 g/mol. The number of aliphatic hydroxyl groups is 2. The highest BCUT2D eigenvalue weighted by Gasteiger charge is 2.07. The Bertz CT molecular complexity index is 276. The van der Waals surface area contributed by atoms with E-state index in [1.807, 2.05) is 0 Å². The number of aromatic amines is 1. The predicted octanol–water partition coefficient (Wildman–Crippen LogP) is 1.91.